The number of aromatic nitrogens is 18. The first-order valence-corrected chi connectivity index (χ1v) is 43.5. The first-order valence-electron chi connectivity index (χ1n) is 40.3. The first-order chi connectivity index (χ1) is 59.0. The van der Waals surface area contributed by atoms with Gasteiger partial charge in [-0.2, -0.15) is 15.3 Å². The predicted molar refractivity (Wildman–Crippen MR) is 489 cm³/mol. The van der Waals surface area contributed by atoms with Crippen LogP contribution in [0.3, 0.4) is 0 Å². The van der Waals surface area contributed by atoms with Crippen molar-refractivity contribution in [1.29, 1.82) is 0 Å². The smallest absolute Gasteiger partial charge is 0.398 e. The van der Waals surface area contributed by atoms with Gasteiger partial charge in [-0.15, -0.1) is 0 Å². The summed E-state index contributed by atoms with van der Waals surface area (Å²) in [4.78, 5) is 52.5. The average Bonchev–Trinajstić information content (AvgIpc) is 1.62. The summed E-state index contributed by atoms with van der Waals surface area (Å²) in [6, 6.07) is 30.7. The molecule has 4 fully saturated rings. The van der Waals surface area contributed by atoms with Gasteiger partial charge >= 0.3 is 7.12 Å². The van der Waals surface area contributed by atoms with Crippen LogP contribution < -0.4 is 20.3 Å². The zero-order chi connectivity index (χ0) is 86.8. The molecule has 18 rings (SSSR count). The van der Waals surface area contributed by atoms with Crippen LogP contribution in [0.15, 0.2) is 169 Å². The van der Waals surface area contributed by atoms with Gasteiger partial charge in [0.25, 0.3) is 20.0 Å². The number of anilines is 3. The van der Waals surface area contributed by atoms with Crippen LogP contribution in [-0.2, 0) is 120 Å². The number of pyridine rings is 3. The van der Waals surface area contributed by atoms with E-state index in [0.717, 1.165) is 85.3 Å². The Hall–Kier alpha value is -10.6. The molecule has 0 aliphatic carbocycles. The number of halogens is 1. The Labute approximate surface area is 761 Å². The first kappa shape index (κ1) is 97.0. The van der Waals surface area contributed by atoms with E-state index in [2.05, 4.69) is 75.7 Å². The Morgan fingerprint density at radius 1 is 0.496 bits per heavy atom. The maximum Gasteiger partial charge on any atom is 0.514 e. The quantitative estimate of drug-likeness (QED) is 0.0446. The maximum absolute atomic E-state index is 13.6. The normalized spacial score (nSPS) is 16.7. The van der Waals surface area contributed by atoms with Gasteiger partial charge in [-0.25, -0.2) is 69.6 Å². The molecule has 0 spiro atoms. The van der Waals surface area contributed by atoms with Gasteiger partial charge in [0.05, 0.1) is 146 Å². The average molecular weight is 1960 g/mol. The van der Waals surface area contributed by atoms with Crippen LogP contribution >= 0.6 is 11.6 Å². The maximum atomic E-state index is 13.6. The molecule has 4 aliphatic heterocycles. The summed E-state index contributed by atoms with van der Waals surface area (Å²) >= 11 is 6.36. The molecular weight excluding hydrogens is 1850 g/mol. The van der Waals surface area contributed by atoms with Crippen LogP contribution in [0, 0.1) is 21.3 Å². The number of nitrogens with one attached hydrogen (secondary N) is 1. The standard InChI is InChI=1S/C29H31N7O4S.C23H22ClN5O3S.C22H25N7O2.C12H21BN2O3.2CH4.CH3.W/c1-19-5-7-22(8-6-19)41(37,38)36-12-10-24-23(9-11-30-29(24)36)28-32-25(27-21(18-39-4)16-31-34(27)3)15-26(33-28)35-13-14-40-17-20(35)2;1-15-3-5-17(6-4-15)33(30,31)29-10-8-19-18(7-9-25-23(19)29)22-26-20(24)13-21(27-22)28-11-12-32-14-16(28)2;1-14-12-31-9-8-29(14)19-10-18(20-15(13-30-3)11-25-28(20)2)26-22(27-19)17-5-7-24-21-16(17)4-6-23-21;1-11(2)12(3,4)18-13(17-11)10-9(8-16-6)7-14-15(10)5;;;;/h5-12,15-16,20H,13-14,17-18H2,1-4H3;3-10,13,16H,11-12,14H2,1-2H3;4-7,10-11,14H,8-9,12-13H2,1-3H3,(H,23,24);7H,8H2,1-6H3;2*1H4;1H3;/q;;;;;;-1;/t20-;16-;14-;;;;;/m111...../s1. The number of aromatic amines is 1. The number of morpholine rings is 3. The van der Waals surface area contributed by atoms with Gasteiger partial charge in [0.15, 0.2) is 28.8 Å². The predicted octanol–water partition coefficient (Wildman–Crippen LogP) is 13.1. The number of ether oxygens (including phenoxy) is 6. The zero-order valence-electron chi connectivity index (χ0n) is 72.8. The second-order valence-electron chi connectivity index (χ2n) is 31.6. The van der Waals surface area contributed by atoms with Crippen LogP contribution in [0.2, 0.25) is 5.15 Å². The summed E-state index contributed by atoms with van der Waals surface area (Å²) in [7, 11) is 2.60. The molecule has 33 nitrogen and oxygen atoms in total. The second-order valence-corrected chi connectivity index (χ2v) is 35.6. The largest absolute Gasteiger partial charge is 0.514 e. The van der Waals surface area contributed by atoms with E-state index in [4.69, 9.17) is 74.3 Å². The van der Waals surface area contributed by atoms with E-state index >= 15 is 0 Å². The van der Waals surface area contributed by atoms with Crippen molar-refractivity contribution in [3.05, 3.63) is 199 Å². The van der Waals surface area contributed by atoms with Crippen molar-refractivity contribution in [2.45, 2.75) is 136 Å². The van der Waals surface area contributed by atoms with Gasteiger partial charge < -0.3 is 64.8 Å². The molecule has 0 amide bonds. The molecule has 0 saturated carbocycles. The molecule has 0 bridgehead atoms. The number of rotatable bonds is 19. The molecule has 4 saturated heterocycles. The SMILES string of the molecule is C.C.COCc1cnn(C)c1-c1cc(N2CCOC[C@H]2C)nc(-c2ccnc3[nH]ccc23)n1.COCc1cnn(C)c1-c1cc(N2CCOC[C@H]2C)nc(-c2ccnc3c2ccn3S(=O)(=O)c2ccc(C)cc2)n1.COCc1cnn(C)c1B1OC(C)(C)C(C)(C)O1.Cc1ccc(S(=O)(=O)n2ccc3c(-c4nc(Cl)cc(N5CCOC[C@H]5C)n4)ccnc32)cc1.[CH3-].[W]. The molecule has 672 valence electrons. The summed E-state index contributed by atoms with van der Waals surface area (Å²) in [5.74, 6) is 3.86. The van der Waals surface area contributed by atoms with E-state index in [-0.39, 0.29) is 82.5 Å². The number of nitrogens with zero attached hydrogens (tertiary/aromatic N) is 20. The van der Waals surface area contributed by atoms with Crippen molar-refractivity contribution in [2.75, 3.05) is 95.3 Å². The van der Waals surface area contributed by atoms with E-state index in [9.17, 15) is 16.8 Å². The van der Waals surface area contributed by atoms with E-state index < -0.39 is 27.2 Å². The number of hydrogen-bond acceptors (Lipinski definition) is 27. The number of hydrogen-bond donors (Lipinski definition) is 1. The number of fused-ring (bicyclic) bond motifs is 3. The Balaban J connectivity index is 0.000000168. The number of H-pyrrole nitrogens is 1. The van der Waals surface area contributed by atoms with E-state index in [0.29, 0.717) is 140 Å². The van der Waals surface area contributed by atoms with Gasteiger partial charge in [-0.05, 0) is 123 Å². The minimum atomic E-state index is -3.87. The van der Waals surface area contributed by atoms with Crippen LogP contribution in [0.25, 0.3) is 90.0 Å². The van der Waals surface area contributed by atoms with Gasteiger partial charge in [0.1, 0.15) is 28.3 Å². The minimum absolute atomic E-state index is 0. The minimum Gasteiger partial charge on any atom is -0.398 e. The topological polar surface area (TPSA) is 347 Å². The van der Waals surface area contributed by atoms with Crippen molar-refractivity contribution in [3.63, 3.8) is 0 Å². The van der Waals surface area contributed by atoms with Crippen LogP contribution in [-0.4, -0.2) is 221 Å². The second kappa shape index (κ2) is 40.8. The summed E-state index contributed by atoms with van der Waals surface area (Å²) in [5.41, 5.74) is 12.0. The third-order valence-corrected chi connectivity index (χ3v) is 26.0. The molecule has 2 aromatic carbocycles. The Morgan fingerprint density at radius 3 is 1.29 bits per heavy atom. The molecule has 3 atom stereocenters. The molecule has 1 N–H and O–H groups in total. The van der Waals surface area contributed by atoms with Crippen molar-refractivity contribution in [1.82, 2.24) is 87.1 Å². The van der Waals surface area contributed by atoms with Crippen molar-refractivity contribution < 1.29 is 75.6 Å². The zero-order valence-corrected chi connectivity index (χ0v) is 78.1. The van der Waals surface area contributed by atoms with Crippen molar-refractivity contribution in [3.8, 4) is 56.9 Å². The van der Waals surface area contributed by atoms with E-state index in [1.54, 1.807) is 134 Å². The molecular formula is C89H110BClN21O12S2W-. The summed E-state index contributed by atoms with van der Waals surface area (Å²) in [6.07, 6.45) is 15.2. The number of aryl methyl sites for hydroxylation is 5. The Kier molecular flexibility index (Phi) is 31.2. The molecule has 16 heterocycles. The van der Waals surface area contributed by atoms with E-state index in [1.165, 1.54) is 20.3 Å². The van der Waals surface area contributed by atoms with E-state index in [1.807, 2.05) is 110 Å². The summed E-state index contributed by atoms with van der Waals surface area (Å²) < 4.78 is 106. The fourth-order valence-electron chi connectivity index (χ4n) is 15.3. The van der Waals surface area contributed by atoms with Gasteiger partial charge in [0.2, 0.25) is 0 Å². The molecule has 38 heteroatoms. The monoisotopic (exact) mass is 1960 g/mol. The van der Waals surface area contributed by atoms with Gasteiger partial charge in [-0.3, -0.25) is 14.0 Å². The molecule has 12 aromatic heterocycles. The number of methoxy groups -OCH3 is 3. The molecule has 0 radical (unpaired) electrons. The number of benzene rings is 2. The molecule has 127 heavy (non-hydrogen) atoms. The van der Waals surface area contributed by atoms with Gasteiger partial charge in [0, 0.05) is 188 Å². The fourth-order valence-corrected chi connectivity index (χ4v) is 18.1. The Bertz CT molecular complexity index is 6370. The van der Waals surface area contributed by atoms with Crippen LogP contribution in [0.1, 0.15) is 91.1 Å². The summed E-state index contributed by atoms with van der Waals surface area (Å²) in [5, 5.41) is 15.7. The third kappa shape index (κ3) is 20.1. The Morgan fingerprint density at radius 2 is 0.874 bits per heavy atom. The molecule has 4 aliphatic rings. The molecule has 14 aromatic rings. The van der Waals surface area contributed by atoms with Crippen molar-refractivity contribution in [2.24, 2.45) is 21.1 Å². The van der Waals surface area contributed by atoms with Crippen LogP contribution in [0.4, 0.5) is 17.5 Å². The fraction of sp³-hybridized carbons (Fsp3) is 0.382. The third-order valence-electron chi connectivity index (χ3n) is 22.5. The summed E-state index contributed by atoms with van der Waals surface area (Å²) in [6.45, 7) is 25.6. The van der Waals surface area contributed by atoms with Gasteiger partial charge in [-0.1, -0.05) is 61.8 Å². The molecule has 0 unspecified atom stereocenters. The van der Waals surface area contributed by atoms with Crippen molar-refractivity contribution >= 4 is 94.9 Å². The van der Waals surface area contributed by atoms with Crippen LogP contribution in [0.5, 0.6) is 0 Å².